The van der Waals surface area contributed by atoms with Gasteiger partial charge in [0, 0.05) is 18.0 Å². The third kappa shape index (κ3) is 4.21. The Kier molecular flexibility index (Phi) is 4.67. The van der Waals surface area contributed by atoms with Crippen molar-refractivity contribution < 1.29 is 9.53 Å². The Bertz CT molecular complexity index is 511. The molecule has 0 aliphatic rings. The summed E-state index contributed by atoms with van der Waals surface area (Å²) in [4.78, 5) is 15.7. The molecule has 0 bridgehead atoms. The summed E-state index contributed by atoms with van der Waals surface area (Å²) in [5.74, 6) is -0.0113. The molecule has 3 heteroatoms. The number of ether oxygens (including phenoxy) is 1. The zero-order valence-electron chi connectivity index (χ0n) is 11.0. The lowest BCUT2D eigenvalue weighted by Crippen LogP contribution is -2.08. The predicted octanol–water partition coefficient (Wildman–Crippen LogP) is 3.32. The lowest BCUT2D eigenvalue weighted by molar-refractivity contribution is -0.145. The number of rotatable bonds is 5. The van der Waals surface area contributed by atoms with E-state index in [9.17, 15) is 4.79 Å². The summed E-state index contributed by atoms with van der Waals surface area (Å²) >= 11 is 0. The van der Waals surface area contributed by atoms with Crippen molar-refractivity contribution in [2.75, 3.05) is 0 Å². The zero-order chi connectivity index (χ0) is 13.5. The molecule has 0 aliphatic heterocycles. The molecular formula is C16H17NO2. The van der Waals surface area contributed by atoms with Gasteiger partial charge in [0.25, 0.3) is 0 Å². The molecule has 0 N–H and O–H groups in total. The highest BCUT2D eigenvalue weighted by Crippen LogP contribution is 2.19. The van der Waals surface area contributed by atoms with E-state index in [0.717, 1.165) is 11.1 Å². The van der Waals surface area contributed by atoms with Crippen molar-refractivity contribution in [2.45, 2.75) is 25.9 Å². The second-order valence-corrected chi connectivity index (χ2v) is 4.54. The quantitative estimate of drug-likeness (QED) is 0.769. The van der Waals surface area contributed by atoms with Crippen molar-refractivity contribution in [3.63, 3.8) is 0 Å². The van der Waals surface area contributed by atoms with Gasteiger partial charge < -0.3 is 4.74 Å². The van der Waals surface area contributed by atoms with E-state index in [0.29, 0.717) is 6.42 Å². The van der Waals surface area contributed by atoms with E-state index < -0.39 is 0 Å². The summed E-state index contributed by atoms with van der Waals surface area (Å²) in [6.45, 7) is 2.31. The summed E-state index contributed by atoms with van der Waals surface area (Å²) in [6, 6.07) is 13.7. The molecule has 2 aromatic rings. The van der Waals surface area contributed by atoms with Crippen LogP contribution < -0.4 is 0 Å². The minimum absolute atomic E-state index is 0.169. The molecule has 1 unspecified atom stereocenters. The third-order valence-corrected chi connectivity index (χ3v) is 2.96. The van der Waals surface area contributed by atoms with Crippen LogP contribution in [0.2, 0.25) is 0 Å². The van der Waals surface area contributed by atoms with E-state index in [4.69, 9.17) is 4.74 Å². The number of aromatic nitrogens is 1. The number of hydrogen-bond donors (Lipinski definition) is 0. The van der Waals surface area contributed by atoms with Crippen LogP contribution in [0.15, 0.2) is 54.9 Å². The highest BCUT2D eigenvalue weighted by atomic mass is 16.5. The molecule has 0 spiro atoms. The van der Waals surface area contributed by atoms with Crippen LogP contribution in [0.1, 0.15) is 30.4 Å². The van der Waals surface area contributed by atoms with Crippen LogP contribution in [0.5, 0.6) is 0 Å². The largest absolute Gasteiger partial charge is 0.461 e. The summed E-state index contributed by atoms with van der Waals surface area (Å²) in [6.07, 6.45) is 3.79. The Hall–Kier alpha value is -2.16. The van der Waals surface area contributed by atoms with Crippen LogP contribution in [0.25, 0.3) is 0 Å². The molecular weight excluding hydrogens is 238 g/mol. The first kappa shape index (κ1) is 13.3. The fraction of sp³-hybridized carbons (Fsp3) is 0.250. The molecule has 0 fully saturated rings. The molecule has 3 nitrogen and oxygen atoms in total. The van der Waals surface area contributed by atoms with Crippen molar-refractivity contribution in [3.8, 4) is 0 Å². The number of carbonyl (C=O) groups excluding carboxylic acids is 1. The minimum atomic E-state index is -0.180. The van der Waals surface area contributed by atoms with Crippen molar-refractivity contribution in [1.29, 1.82) is 0 Å². The maximum absolute atomic E-state index is 11.8. The number of hydrogen-bond acceptors (Lipinski definition) is 3. The number of pyridine rings is 1. The smallest absolute Gasteiger partial charge is 0.306 e. The van der Waals surface area contributed by atoms with Gasteiger partial charge in [-0.25, -0.2) is 0 Å². The first-order valence-electron chi connectivity index (χ1n) is 6.35. The van der Waals surface area contributed by atoms with Crippen molar-refractivity contribution >= 4 is 5.97 Å². The number of carbonyl (C=O) groups is 1. The van der Waals surface area contributed by atoms with Crippen molar-refractivity contribution in [3.05, 3.63) is 66.0 Å². The van der Waals surface area contributed by atoms with Gasteiger partial charge >= 0.3 is 5.97 Å². The Labute approximate surface area is 113 Å². The van der Waals surface area contributed by atoms with Crippen molar-refractivity contribution in [2.24, 2.45) is 0 Å². The average Bonchev–Trinajstić information content (AvgIpc) is 2.47. The van der Waals surface area contributed by atoms with E-state index in [1.807, 2.05) is 49.4 Å². The molecule has 2 rings (SSSR count). The molecule has 98 valence electrons. The minimum Gasteiger partial charge on any atom is -0.461 e. The molecule has 0 saturated carbocycles. The molecule has 1 aromatic heterocycles. The molecule has 1 heterocycles. The molecule has 19 heavy (non-hydrogen) atoms. The van der Waals surface area contributed by atoms with Crippen molar-refractivity contribution in [1.82, 2.24) is 4.98 Å². The van der Waals surface area contributed by atoms with Crippen LogP contribution in [-0.2, 0) is 16.1 Å². The number of esters is 1. The van der Waals surface area contributed by atoms with E-state index in [1.165, 1.54) is 0 Å². The molecule has 1 aromatic carbocycles. The summed E-state index contributed by atoms with van der Waals surface area (Å²) < 4.78 is 5.24. The first-order chi connectivity index (χ1) is 9.25. The summed E-state index contributed by atoms with van der Waals surface area (Å²) in [5, 5.41) is 0. The van der Waals surface area contributed by atoms with Gasteiger partial charge in [-0.05, 0) is 17.5 Å². The monoisotopic (exact) mass is 255 g/mol. The summed E-state index contributed by atoms with van der Waals surface area (Å²) in [7, 11) is 0. The van der Waals surface area contributed by atoms with E-state index >= 15 is 0 Å². The highest BCUT2D eigenvalue weighted by Gasteiger charge is 2.12. The first-order valence-corrected chi connectivity index (χ1v) is 6.35. The van der Waals surface area contributed by atoms with Gasteiger partial charge in [0.2, 0.25) is 0 Å². The van der Waals surface area contributed by atoms with Gasteiger partial charge in [0.05, 0.1) is 6.42 Å². The fourth-order valence-corrected chi connectivity index (χ4v) is 1.86. The van der Waals surface area contributed by atoms with Crippen LogP contribution in [0, 0.1) is 0 Å². The lowest BCUT2D eigenvalue weighted by atomic mass is 9.98. The van der Waals surface area contributed by atoms with E-state index in [2.05, 4.69) is 4.98 Å². The lowest BCUT2D eigenvalue weighted by Gasteiger charge is -2.11. The SMILES string of the molecule is CC(CC(=O)OCc1cccnc1)c1ccccc1. The molecule has 0 saturated heterocycles. The Morgan fingerprint density at radius 2 is 2.00 bits per heavy atom. The van der Waals surface area contributed by atoms with Gasteiger partial charge in [-0.15, -0.1) is 0 Å². The van der Waals surface area contributed by atoms with Gasteiger partial charge in [0.1, 0.15) is 6.61 Å². The molecule has 1 atom stereocenters. The third-order valence-electron chi connectivity index (χ3n) is 2.96. The van der Waals surface area contributed by atoms with Gasteiger partial charge in [-0.2, -0.15) is 0 Å². The van der Waals surface area contributed by atoms with Gasteiger partial charge in [0.15, 0.2) is 0 Å². The molecule has 0 radical (unpaired) electrons. The topological polar surface area (TPSA) is 39.2 Å². The molecule has 0 aliphatic carbocycles. The fourth-order valence-electron chi connectivity index (χ4n) is 1.86. The number of nitrogens with zero attached hydrogens (tertiary/aromatic N) is 1. The van der Waals surface area contributed by atoms with Gasteiger partial charge in [-0.3, -0.25) is 9.78 Å². The standard InChI is InChI=1S/C16H17NO2/c1-13(15-7-3-2-4-8-15)10-16(18)19-12-14-6-5-9-17-11-14/h2-9,11,13H,10,12H2,1H3. The Morgan fingerprint density at radius 1 is 1.21 bits per heavy atom. The number of benzene rings is 1. The molecule has 0 amide bonds. The van der Waals surface area contributed by atoms with Gasteiger partial charge in [-0.1, -0.05) is 43.3 Å². The van der Waals surface area contributed by atoms with Crippen LogP contribution in [0.4, 0.5) is 0 Å². The average molecular weight is 255 g/mol. The maximum Gasteiger partial charge on any atom is 0.306 e. The van der Waals surface area contributed by atoms with Crippen LogP contribution in [-0.4, -0.2) is 11.0 Å². The summed E-state index contributed by atoms with van der Waals surface area (Å²) in [5.41, 5.74) is 2.06. The Balaban J connectivity index is 1.82. The van der Waals surface area contributed by atoms with E-state index in [1.54, 1.807) is 12.4 Å². The normalized spacial score (nSPS) is 11.8. The van der Waals surface area contributed by atoms with Crippen LogP contribution >= 0.6 is 0 Å². The predicted molar refractivity (Wildman–Crippen MR) is 73.5 cm³/mol. The maximum atomic E-state index is 11.8. The van der Waals surface area contributed by atoms with Crippen LogP contribution in [0.3, 0.4) is 0 Å². The second-order valence-electron chi connectivity index (χ2n) is 4.54. The Morgan fingerprint density at radius 3 is 2.68 bits per heavy atom. The highest BCUT2D eigenvalue weighted by molar-refractivity contribution is 5.70. The van der Waals surface area contributed by atoms with E-state index in [-0.39, 0.29) is 18.5 Å². The second kappa shape index (κ2) is 6.69. The zero-order valence-corrected chi connectivity index (χ0v) is 11.0.